The first kappa shape index (κ1) is 22.2. The number of alkyl halides is 3. The molecule has 2 unspecified atom stereocenters. The minimum absolute atomic E-state index is 0.192. The van der Waals surface area contributed by atoms with Crippen LogP contribution in [0.1, 0.15) is 44.7 Å². The largest absolute Gasteiger partial charge is 0.444 e. The Bertz CT molecular complexity index is 588. The second-order valence-corrected chi connectivity index (χ2v) is 7.42. The molecule has 1 heterocycles. The molecule has 0 aliphatic rings. The number of carbonyl (C=O) groups is 2. The molecule has 26 heavy (non-hydrogen) atoms. The van der Waals surface area contributed by atoms with Crippen LogP contribution < -0.4 is 10.6 Å². The van der Waals surface area contributed by atoms with Crippen molar-refractivity contribution in [3.05, 3.63) is 16.6 Å². The van der Waals surface area contributed by atoms with Crippen LogP contribution in [-0.2, 0) is 9.53 Å². The van der Waals surface area contributed by atoms with Crippen molar-refractivity contribution in [1.82, 2.24) is 15.6 Å². The van der Waals surface area contributed by atoms with E-state index < -0.39 is 55.3 Å². The number of amides is 2. The molecule has 0 fully saturated rings. The minimum atomic E-state index is -4.43. The van der Waals surface area contributed by atoms with Crippen LogP contribution in [0.25, 0.3) is 0 Å². The van der Waals surface area contributed by atoms with Crippen molar-refractivity contribution >= 4 is 23.3 Å². The molecule has 0 saturated heterocycles. The standard InChI is InChI=1S/C15H22F3N3O4S/c1-14(2,3)25-13(24)20-8-10(22)21-9(4-5-15(16,17)18)11(23)12-19-6-7-26-12/h6-7,9,11,23H,4-5,8H2,1-3H3,(H,20,24)(H,21,22). The topological polar surface area (TPSA) is 101 Å². The summed E-state index contributed by atoms with van der Waals surface area (Å²) in [7, 11) is 0. The van der Waals surface area contributed by atoms with Crippen molar-refractivity contribution in [2.75, 3.05) is 6.54 Å². The maximum absolute atomic E-state index is 12.5. The first-order chi connectivity index (χ1) is 11.9. The summed E-state index contributed by atoms with van der Waals surface area (Å²) >= 11 is 1.06. The summed E-state index contributed by atoms with van der Waals surface area (Å²) in [6.45, 7) is 4.43. The van der Waals surface area contributed by atoms with Crippen LogP contribution in [0, 0.1) is 0 Å². The third-order valence-corrected chi connectivity index (χ3v) is 3.81. The van der Waals surface area contributed by atoms with Crippen LogP contribution in [-0.4, -0.2) is 46.5 Å². The Morgan fingerprint density at radius 3 is 2.50 bits per heavy atom. The molecule has 0 aliphatic carbocycles. The number of ether oxygens (including phenoxy) is 1. The average molecular weight is 397 g/mol. The SMILES string of the molecule is CC(C)(C)OC(=O)NCC(=O)NC(CCC(F)(F)F)C(O)c1nccs1. The maximum atomic E-state index is 12.5. The van der Waals surface area contributed by atoms with Crippen molar-refractivity contribution in [1.29, 1.82) is 0 Å². The third kappa shape index (κ3) is 8.99. The van der Waals surface area contributed by atoms with Gasteiger partial charge in [0.1, 0.15) is 23.3 Å². The van der Waals surface area contributed by atoms with Crippen LogP contribution in [0.2, 0.25) is 0 Å². The van der Waals surface area contributed by atoms with Crippen LogP contribution in [0.5, 0.6) is 0 Å². The van der Waals surface area contributed by atoms with Gasteiger partial charge in [-0.05, 0) is 27.2 Å². The molecular formula is C15H22F3N3O4S. The number of hydrogen-bond acceptors (Lipinski definition) is 6. The zero-order chi connectivity index (χ0) is 20.0. The van der Waals surface area contributed by atoms with Gasteiger partial charge in [0.05, 0.1) is 6.04 Å². The van der Waals surface area contributed by atoms with Gasteiger partial charge in [0.2, 0.25) is 5.91 Å². The van der Waals surface area contributed by atoms with Gasteiger partial charge in [-0.25, -0.2) is 9.78 Å². The molecule has 1 aromatic heterocycles. The highest BCUT2D eigenvalue weighted by molar-refractivity contribution is 7.09. The first-order valence-corrected chi connectivity index (χ1v) is 8.66. The van der Waals surface area contributed by atoms with Crippen molar-refractivity contribution in [3.63, 3.8) is 0 Å². The van der Waals surface area contributed by atoms with Gasteiger partial charge >= 0.3 is 12.3 Å². The minimum Gasteiger partial charge on any atom is -0.444 e. The molecule has 0 saturated carbocycles. The van der Waals surface area contributed by atoms with Gasteiger partial charge in [-0.3, -0.25) is 4.79 Å². The molecule has 3 N–H and O–H groups in total. The molecule has 7 nitrogen and oxygen atoms in total. The van der Waals surface area contributed by atoms with E-state index in [1.54, 1.807) is 26.2 Å². The van der Waals surface area contributed by atoms with Gasteiger partial charge in [0.15, 0.2) is 0 Å². The zero-order valence-corrected chi connectivity index (χ0v) is 15.4. The van der Waals surface area contributed by atoms with Crippen molar-refractivity contribution in [3.8, 4) is 0 Å². The van der Waals surface area contributed by atoms with Gasteiger partial charge in [0.25, 0.3) is 0 Å². The molecule has 1 rings (SSSR count). The van der Waals surface area contributed by atoms with Crippen LogP contribution >= 0.6 is 11.3 Å². The summed E-state index contributed by atoms with van der Waals surface area (Å²) in [6, 6.07) is -1.20. The molecular weight excluding hydrogens is 375 g/mol. The van der Waals surface area contributed by atoms with Crippen molar-refractivity contribution in [2.24, 2.45) is 0 Å². The molecule has 0 aromatic carbocycles. The molecule has 0 radical (unpaired) electrons. The average Bonchev–Trinajstić information content (AvgIpc) is 3.00. The number of nitrogens with zero attached hydrogens (tertiary/aromatic N) is 1. The quantitative estimate of drug-likeness (QED) is 0.656. The fourth-order valence-electron chi connectivity index (χ4n) is 1.91. The summed E-state index contributed by atoms with van der Waals surface area (Å²) in [6.07, 6.45) is -6.96. The monoisotopic (exact) mass is 397 g/mol. The highest BCUT2D eigenvalue weighted by Crippen LogP contribution is 2.27. The molecule has 0 aliphatic heterocycles. The second kappa shape index (κ2) is 9.17. The number of aliphatic hydroxyl groups excluding tert-OH is 1. The van der Waals surface area contributed by atoms with E-state index in [0.717, 1.165) is 11.3 Å². The van der Waals surface area contributed by atoms with Gasteiger partial charge < -0.3 is 20.5 Å². The summed E-state index contributed by atoms with van der Waals surface area (Å²) < 4.78 is 42.4. The lowest BCUT2D eigenvalue weighted by Crippen LogP contribution is -2.45. The first-order valence-electron chi connectivity index (χ1n) is 7.78. The number of alkyl carbamates (subject to hydrolysis) is 1. The molecule has 148 valence electrons. The maximum Gasteiger partial charge on any atom is 0.408 e. The Morgan fingerprint density at radius 2 is 2.00 bits per heavy atom. The third-order valence-electron chi connectivity index (χ3n) is 2.96. The van der Waals surface area contributed by atoms with Crippen LogP contribution in [0.15, 0.2) is 11.6 Å². The number of aromatic nitrogens is 1. The molecule has 2 atom stereocenters. The molecule has 11 heteroatoms. The fourth-order valence-corrected chi connectivity index (χ4v) is 2.59. The number of halogens is 3. The highest BCUT2D eigenvalue weighted by Gasteiger charge is 2.32. The van der Waals surface area contributed by atoms with E-state index in [1.165, 1.54) is 6.20 Å². The number of hydrogen-bond donors (Lipinski definition) is 3. The van der Waals surface area contributed by atoms with Gasteiger partial charge in [-0.15, -0.1) is 11.3 Å². The Labute approximate surface area is 152 Å². The van der Waals surface area contributed by atoms with E-state index in [1.807, 2.05) is 0 Å². The Morgan fingerprint density at radius 1 is 1.35 bits per heavy atom. The normalized spacial score (nSPS) is 14.4. The van der Waals surface area contributed by atoms with E-state index >= 15 is 0 Å². The van der Waals surface area contributed by atoms with E-state index in [0.29, 0.717) is 0 Å². The molecule has 2 amide bonds. The number of rotatable bonds is 7. The summed E-state index contributed by atoms with van der Waals surface area (Å²) in [5.41, 5.74) is -0.753. The molecule has 0 spiro atoms. The smallest absolute Gasteiger partial charge is 0.408 e. The summed E-state index contributed by atoms with van der Waals surface area (Å²) in [5.74, 6) is -0.751. The van der Waals surface area contributed by atoms with Crippen molar-refractivity contribution < 1.29 is 32.6 Å². The summed E-state index contributed by atoms with van der Waals surface area (Å²) in [5, 5.41) is 16.5. The zero-order valence-electron chi connectivity index (χ0n) is 14.6. The second-order valence-electron chi connectivity index (χ2n) is 6.50. The molecule has 0 bridgehead atoms. The van der Waals surface area contributed by atoms with Gasteiger partial charge in [-0.1, -0.05) is 0 Å². The number of thiazole rings is 1. The number of carbonyl (C=O) groups excluding carboxylic acids is 2. The van der Waals surface area contributed by atoms with Gasteiger partial charge in [-0.2, -0.15) is 13.2 Å². The Balaban J connectivity index is 2.63. The van der Waals surface area contributed by atoms with Crippen LogP contribution in [0.4, 0.5) is 18.0 Å². The number of aliphatic hydroxyl groups is 1. The number of nitrogens with one attached hydrogen (secondary N) is 2. The predicted molar refractivity (Wildman–Crippen MR) is 88.5 cm³/mol. The fraction of sp³-hybridized carbons (Fsp3) is 0.667. The highest BCUT2D eigenvalue weighted by atomic mass is 32.1. The lowest BCUT2D eigenvalue weighted by atomic mass is 10.1. The molecule has 1 aromatic rings. The van der Waals surface area contributed by atoms with Crippen LogP contribution in [0.3, 0.4) is 0 Å². The lowest BCUT2D eigenvalue weighted by Gasteiger charge is -2.24. The van der Waals surface area contributed by atoms with Crippen molar-refractivity contribution in [2.45, 2.75) is 57.5 Å². The Kier molecular flexibility index (Phi) is 7.82. The summed E-state index contributed by atoms with van der Waals surface area (Å²) in [4.78, 5) is 27.3. The lowest BCUT2D eigenvalue weighted by molar-refractivity contribution is -0.139. The van der Waals surface area contributed by atoms with E-state index in [2.05, 4.69) is 15.6 Å². The van der Waals surface area contributed by atoms with Gasteiger partial charge in [0, 0.05) is 18.0 Å². The predicted octanol–water partition coefficient (Wildman–Crippen LogP) is 2.53. The van der Waals surface area contributed by atoms with E-state index in [4.69, 9.17) is 4.74 Å². The Hall–Kier alpha value is -1.88. The van der Waals surface area contributed by atoms with E-state index in [9.17, 15) is 27.9 Å². The van der Waals surface area contributed by atoms with E-state index in [-0.39, 0.29) is 5.01 Å².